The lowest BCUT2D eigenvalue weighted by molar-refractivity contribution is 0.166. The lowest BCUT2D eigenvalue weighted by Crippen LogP contribution is -2.48. The van der Waals surface area contributed by atoms with Gasteiger partial charge in [0.1, 0.15) is 5.52 Å². The van der Waals surface area contributed by atoms with Gasteiger partial charge in [-0.15, -0.1) is 0 Å². The fraction of sp³-hybridized carbons (Fsp3) is 0.611. The van der Waals surface area contributed by atoms with Crippen molar-refractivity contribution in [3.05, 3.63) is 24.7 Å². The SMILES string of the molecule is O=C(NC1CCCCC1)N1CCC(n2cnc3cccnc32)CC1. The van der Waals surface area contributed by atoms with Crippen LogP contribution in [0.25, 0.3) is 11.2 Å². The molecule has 2 aliphatic rings. The highest BCUT2D eigenvalue weighted by Gasteiger charge is 2.26. The van der Waals surface area contributed by atoms with E-state index >= 15 is 0 Å². The molecule has 1 aliphatic carbocycles. The van der Waals surface area contributed by atoms with E-state index in [1.165, 1.54) is 19.3 Å². The molecule has 2 aromatic rings. The van der Waals surface area contributed by atoms with Crippen LogP contribution in [0.3, 0.4) is 0 Å². The Kier molecular flexibility index (Phi) is 4.36. The third kappa shape index (κ3) is 3.09. The van der Waals surface area contributed by atoms with Crippen LogP contribution in [-0.2, 0) is 0 Å². The number of imidazole rings is 1. The van der Waals surface area contributed by atoms with Crippen LogP contribution in [0.1, 0.15) is 51.0 Å². The van der Waals surface area contributed by atoms with Gasteiger partial charge in [-0.05, 0) is 37.8 Å². The maximum absolute atomic E-state index is 12.5. The molecule has 0 atom stereocenters. The number of piperidine rings is 1. The first kappa shape index (κ1) is 15.4. The summed E-state index contributed by atoms with van der Waals surface area (Å²) >= 11 is 0. The van der Waals surface area contributed by atoms with E-state index in [1.54, 1.807) is 0 Å². The van der Waals surface area contributed by atoms with Gasteiger partial charge >= 0.3 is 6.03 Å². The molecule has 24 heavy (non-hydrogen) atoms. The number of hydrogen-bond donors (Lipinski definition) is 1. The number of nitrogens with one attached hydrogen (secondary N) is 1. The average molecular weight is 327 g/mol. The van der Waals surface area contributed by atoms with E-state index in [0.717, 1.165) is 49.9 Å². The second-order valence-electron chi connectivity index (χ2n) is 7.00. The van der Waals surface area contributed by atoms with Crippen molar-refractivity contribution < 1.29 is 4.79 Å². The van der Waals surface area contributed by atoms with E-state index < -0.39 is 0 Å². The molecular weight excluding hydrogens is 302 g/mol. The molecule has 0 unspecified atom stereocenters. The van der Waals surface area contributed by atoms with Crippen molar-refractivity contribution >= 4 is 17.2 Å². The maximum atomic E-state index is 12.5. The maximum Gasteiger partial charge on any atom is 0.317 e. The molecule has 0 radical (unpaired) electrons. The third-order valence-corrected chi connectivity index (χ3v) is 5.41. The quantitative estimate of drug-likeness (QED) is 0.922. The minimum absolute atomic E-state index is 0.119. The lowest BCUT2D eigenvalue weighted by Gasteiger charge is -2.34. The van der Waals surface area contributed by atoms with Gasteiger partial charge in [-0.2, -0.15) is 0 Å². The summed E-state index contributed by atoms with van der Waals surface area (Å²) in [5.74, 6) is 0. The highest BCUT2D eigenvalue weighted by Crippen LogP contribution is 2.26. The fourth-order valence-corrected chi connectivity index (χ4v) is 3.99. The molecule has 6 heteroatoms. The smallest absolute Gasteiger partial charge is 0.317 e. The fourth-order valence-electron chi connectivity index (χ4n) is 3.99. The van der Waals surface area contributed by atoms with Crippen molar-refractivity contribution in [2.75, 3.05) is 13.1 Å². The Hall–Kier alpha value is -2.11. The van der Waals surface area contributed by atoms with E-state index in [0.29, 0.717) is 12.1 Å². The molecule has 1 N–H and O–H groups in total. The topological polar surface area (TPSA) is 63.1 Å². The molecule has 4 rings (SSSR count). The number of carbonyl (C=O) groups is 1. The molecule has 2 aromatic heterocycles. The van der Waals surface area contributed by atoms with Crippen LogP contribution in [-0.4, -0.2) is 44.6 Å². The summed E-state index contributed by atoms with van der Waals surface area (Å²) in [4.78, 5) is 23.3. The van der Waals surface area contributed by atoms with Crippen molar-refractivity contribution in [2.24, 2.45) is 0 Å². The number of rotatable bonds is 2. The van der Waals surface area contributed by atoms with Crippen LogP contribution in [0.2, 0.25) is 0 Å². The van der Waals surface area contributed by atoms with Gasteiger partial charge in [0.25, 0.3) is 0 Å². The summed E-state index contributed by atoms with van der Waals surface area (Å²) in [5.41, 5.74) is 1.89. The number of nitrogens with zero attached hydrogens (tertiary/aromatic N) is 4. The first-order valence-corrected chi connectivity index (χ1v) is 9.14. The Bertz CT molecular complexity index is 698. The van der Waals surface area contributed by atoms with Gasteiger partial charge in [0.05, 0.1) is 6.33 Å². The van der Waals surface area contributed by atoms with Crippen LogP contribution in [0.15, 0.2) is 24.7 Å². The Morgan fingerprint density at radius 2 is 1.88 bits per heavy atom. The van der Waals surface area contributed by atoms with Crippen molar-refractivity contribution in [3.8, 4) is 0 Å². The molecule has 2 amide bonds. The van der Waals surface area contributed by atoms with Crippen LogP contribution in [0.5, 0.6) is 0 Å². The molecule has 1 aliphatic heterocycles. The zero-order chi connectivity index (χ0) is 16.4. The number of aromatic nitrogens is 3. The minimum Gasteiger partial charge on any atom is -0.335 e. The monoisotopic (exact) mass is 327 g/mol. The molecule has 2 fully saturated rings. The van der Waals surface area contributed by atoms with Gasteiger partial charge in [-0.1, -0.05) is 19.3 Å². The molecule has 6 nitrogen and oxygen atoms in total. The standard InChI is InChI=1S/C18H25N5O/c24-18(21-14-5-2-1-3-6-14)22-11-8-15(9-12-22)23-13-20-16-7-4-10-19-17(16)23/h4,7,10,13-15H,1-3,5-6,8-9,11-12H2,(H,21,24). The second kappa shape index (κ2) is 6.79. The molecule has 0 aromatic carbocycles. The highest BCUT2D eigenvalue weighted by molar-refractivity contribution is 5.74. The Morgan fingerprint density at radius 1 is 1.08 bits per heavy atom. The van der Waals surface area contributed by atoms with E-state index in [-0.39, 0.29) is 6.03 Å². The van der Waals surface area contributed by atoms with Crippen LogP contribution < -0.4 is 5.32 Å². The third-order valence-electron chi connectivity index (χ3n) is 5.41. The zero-order valence-electron chi connectivity index (χ0n) is 14.0. The Balaban J connectivity index is 1.35. The van der Waals surface area contributed by atoms with Crippen LogP contribution in [0, 0.1) is 0 Å². The molecular formula is C18H25N5O. The average Bonchev–Trinajstić information content (AvgIpc) is 3.07. The predicted molar refractivity (Wildman–Crippen MR) is 92.8 cm³/mol. The van der Waals surface area contributed by atoms with Gasteiger partial charge in [-0.3, -0.25) is 0 Å². The van der Waals surface area contributed by atoms with Gasteiger partial charge < -0.3 is 14.8 Å². The second-order valence-corrected chi connectivity index (χ2v) is 7.00. The summed E-state index contributed by atoms with van der Waals surface area (Å²) in [6.07, 6.45) is 11.7. The van der Waals surface area contributed by atoms with Crippen molar-refractivity contribution in [1.82, 2.24) is 24.8 Å². The molecule has 0 spiro atoms. The van der Waals surface area contributed by atoms with Crippen molar-refractivity contribution in [3.63, 3.8) is 0 Å². The molecule has 1 saturated carbocycles. The van der Waals surface area contributed by atoms with Gasteiger partial charge in [0, 0.05) is 31.4 Å². The number of carbonyl (C=O) groups excluding carboxylic acids is 1. The molecule has 1 saturated heterocycles. The van der Waals surface area contributed by atoms with Crippen LogP contribution >= 0.6 is 0 Å². The number of pyridine rings is 1. The first-order valence-electron chi connectivity index (χ1n) is 9.14. The summed E-state index contributed by atoms with van der Waals surface area (Å²) in [6.45, 7) is 1.60. The first-order chi connectivity index (χ1) is 11.8. The summed E-state index contributed by atoms with van der Waals surface area (Å²) < 4.78 is 2.17. The number of urea groups is 1. The van der Waals surface area contributed by atoms with E-state index in [1.807, 2.05) is 29.6 Å². The van der Waals surface area contributed by atoms with E-state index in [9.17, 15) is 4.79 Å². The zero-order valence-corrected chi connectivity index (χ0v) is 14.0. The van der Waals surface area contributed by atoms with Crippen molar-refractivity contribution in [1.29, 1.82) is 0 Å². The number of fused-ring (bicyclic) bond motifs is 1. The lowest BCUT2D eigenvalue weighted by atomic mass is 9.95. The van der Waals surface area contributed by atoms with Gasteiger partial charge in [0.2, 0.25) is 0 Å². The molecule has 3 heterocycles. The summed E-state index contributed by atoms with van der Waals surface area (Å²) in [7, 11) is 0. The number of hydrogen-bond acceptors (Lipinski definition) is 3. The Labute approximate surface area is 142 Å². The number of likely N-dealkylation sites (tertiary alicyclic amines) is 1. The Morgan fingerprint density at radius 3 is 2.67 bits per heavy atom. The number of amides is 2. The van der Waals surface area contributed by atoms with E-state index in [2.05, 4.69) is 19.9 Å². The highest BCUT2D eigenvalue weighted by atomic mass is 16.2. The van der Waals surface area contributed by atoms with Crippen LogP contribution in [0.4, 0.5) is 4.79 Å². The largest absolute Gasteiger partial charge is 0.335 e. The molecule has 0 bridgehead atoms. The predicted octanol–water partition coefficient (Wildman–Crippen LogP) is 3.11. The minimum atomic E-state index is 0.119. The molecule has 128 valence electrons. The summed E-state index contributed by atoms with van der Waals surface area (Å²) in [5, 5.41) is 3.22. The van der Waals surface area contributed by atoms with Gasteiger partial charge in [0.15, 0.2) is 5.65 Å². The van der Waals surface area contributed by atoms with Crippen molar-refractivity contribution in [2.45, 2.75) is 57.0 Å². The van der Waals surface area contributed by atoms with Gasteiger partial charge in [-0.25, -0.2) is 14.8 Å². The summed E-state index contributed by atoms with van der Waals surface area (Å²) in [6, 6.07) is 4.78. The van der Waals surface area contributed by atoms with E-state index in [4.69, 9.17) is 0 Å². The normalized spacial score (nSPS) is 20.4.